The van der Waals surface area contributed by atoms with Gasteiger partial charge in [-0.05, 0) is 36.0 Å². The topological polar surface area (TPSA) is 75.3 Å². The van der Waals surface area contributed by atoms with Gasteiger partial charge in [0.2, 0.25) is 11.8 Å². The lowest BCUT2D eigenvalue weighted by Gasteiger charge is -2.33. The van der Waals surface area contributed by atoms with E-state index in [1.807, 2.05) is 61.5 Å². The van der Waals surface area contributed by atoms with Crippen molar-refractivity contribution >= 4 is 23.3 Å². The molecule has 0 bridgehead atoms. The Morgan fingerprint density at radius 3 is 2.48 bits per heavy atom. The number of benzene rings is 2. The number of rotatable bonds is 4. The van der Waals surface area contributed by atoms with Crippen LogP contribution < -0.4 is 10.6 Å². The molecular formula is C24H24N2O3. The Labute approximate surface area is 170 Å². The van der Waals surface area contributed by atoms with E-state index in [1.54, 1.807) is 0 Å². The molecule has 4 rings (SSSR count). The summed E-state index contributed by atoms with van der Waals surface area (Å²) in [5.41, 5.74) is 3.91. The lowest BCUT2D eigenvalue weighted by molar-refractivity contribution is -0.129. The fourth-order valence-corrected chi connectivity index (χ4v) is 4.32. The molecule has 0 saturated carbocycles. The van der Waals surface area contributed by atoms with Gasteiger partial charge in [-0.15, -0.1) is 0 Å². The molecule has 0 radical (unpaired) electrons. The summed E-state index contributed by atoms with van der Waals surface area (Å²) >= 11 is 0. The average Bonchev–Trinajstić information content (AvgIpc) is 2.73. The van der Waals surface area contributed by atoms with Crippen LogP contribution in [0.3, 0.4) is 0 Å². The molecule has 1 aliphatic carbocycles. The second-order valence-corrected chi connectivity index (χ2v) is 7.64. The van der Waals surface area contributed by atoms with E-state index in [-0.39, 0.29) is 29.9 Å². The van der Waals surface area contributed by atoms with Gasteiger partial charge in [0.15, 0.2) is 5.78 Å². The third-order valence-corrected chi connectivity index (χ3v) is 5.78. The Morgan fingerprint density at radius 1 is 1.00 bits per heavy atom. The first-order chi connectivity index (χ1) is 14.1. The molecule has 148 valence electrons. The van der Waals surface area contributed by atoms with Crippen molar-refractivity contribution in [2.45, 2.75) is 38.5 Å². The third kappa shape index (κ3) is 3.86. The smallest absolute Gasteiger partial charge is 0.232 e. The van der Waals surface area contributed by atoms with E-state index in [9.17, 15) is 14.4 Å². The van der Waals surface area contributed by atoms with Gasteiger partial charge >= 0.3 is 0 Å². The molecule has 2 amide bonds. The number of nitrogens with one attached hydrogen (secondary N) is 2. The molecule has 2 aliphatic rings. The number of carbonyl (C=O) groups excluding carboxylic acids is 3. The van der Waals surface area contributed by atoms with Crippen molar-refractivity contribution in [3.05, 3.63) is 77.0 Å². The zero-order valence-corrected chi connectivity index (χ0v) is 16.4. The molecule has 0 fully saturated rings. The SMILES string of the molecule is CCc1ccccc1NC(=O)[C@H]1CC(=O)NC2=C1C(=O)C[C@H](c1ccccc1)C2. The number of Topliss-reactive ketones (excluding diaryl/α,β-unsaturated/α-hetero) is 1. The summed E-state index contributed by atoms with van der Waals surface area (Å²) in [7, 11) is 0. The lowest BCUT2D eigenvalue weighted by Crippen LogP contribution is -2.43. The quantitative estimate of drug-likeness (QED) is 0.838. The van der Waals surface area contributed by atoms with Crippen LogP contribution in [0.2, 0.25) is 0 Å². The van der Waals surface area contributed by atoms with Gasteiger partial charge in [0.1, 0.15) is 0 Å². The number of para-hydroxylation sites is 1. The van der Waals surface area contributed by atoms with Gasteiger partial charge in [-0.25, -0.2) is 0 Å². The molecule has 0 unspecified atom stereocenters. The van der Waals surface area contributed by atoms with Crippen molar-refractivity contribution in [1.29, 1.82) is 0 Å². The standard InChI is InChI=1S/C24H24N2O3/c1-2-15-8-6-7-11-19(15)26-24(29)18-14-22(28)25-20-12-17(13-21(27)23(18)20)16-9-4-3-5-10-16/h3-11,17-18H,2,12-14H2,1H3,(H,25,28)(H,26,29)/t17-,18+/m1/s1. The van der Waals surface area contributed by atoms with Crippen LogP contribution >= 0.6 is 0 Å². The molecule has 1 aliphatic heterocycles. The van der Waals surface area contributed by atoms with Gasteiger partial charge in [0.05, 0.1) is 5.92 Å². The van der Waals surface area contributed by atoms with Crippen LogP contribution in [0.15, 0.2) is 65.9 Å². The highest BCUT2D eigenvalue weighted by molar-refractivity contribution is 6.09. The maximum atomic E-state index is 13.1. The van der Waals surface area contributed by atoms with Crippen LogP contribution in [0.25, 0.3) is 0 Å². The lowest BCUT2D eigenvalue weighted by atomic mass is 9.75. The van der Waals surface area contributed by atoms with E-state index < -0.39 is 5.92 Å². The Hall–Kier alpha value is -3.21. The van der Waals surface area contributed by atoms with Crippen LogP contribution in [-0.2, 0) is 20.8 Å². The number of hydrogen-bond acceptors (Lipinski definition) is 3. The second kappa shape index (κ2) is 8.03. The average molecular weight is 388 g/mol. The number of allylic oxidation sites excluding steroid dienone is 1. The largest absolute Gasteiger partial charge is 0.329 e. The summed E-state index contributed by atoms with van der Waals surface area (Å²) in [5.74, 6) is -1.28. The van der Waals surface area contributed by atoms with Crippen LogP contribution in [0.5, 0.6) is 0 Å². The number of aryl methyl sites for hydroxylation is 1. The minimum absolute atomic E-state index is 0.000697. The fourth-order valence-electron chi connectivity index (χ4n) is 4.32. The molecule has 5 nitrogen and oxygen atoms in total. The van der Waals surface area contributed by atoms with Gasteiger partial charge in [-0.1, -0.05) is 55.5 Å². The number of amides is 2. The molecule has 0 aromatic heterocycles. The van der Waals surface area contributed by atoms with Crippen molar-refractivity contribution in [2.75, 3.05) is 5.32 Å². The molecule has 1 heterocycles. The van der Waals surface area contributed by atoms with E-state index in [1.165, 1.54) is 0 Å². The van der Waals surface area contributed by atoms with Gasteiger partial charge in [0.25, 0.3) is 0 Å². The zero-order valence-electron chi connectivity index (χ0n) is 16.4. The third-order valence-electron chi connectivity index (χ3n) is 5.78. The highest BCUT2D eigenvalue weighted by atomic mass is 16.2. The molecule has 2 atom stereocenters. The molecule has 0 spiro atoms. The predicted octanol–water partition coefficient (Wildman–Crippen LogP) is 3.72. The molecular weight excluding hydrogens is 364 g/mol. The normalized spacial score (nSPS) is 21.4. The maximum absolute atomic E-state index is 13.1. The summed E-state index contributed by atoms with van der Waals surface area (Å²) in [6.07, 6.45) is 1.70. The molecule has 5 heteroatoms. The minimum atomic E-state index is -0.743. The van der Waals surface area contributed by atoms with E-state index in [0.717, 1.165) is 23.2 Å². The van der Waals surface area contributed by atoms with Crippen molar-refractivity contribution in [2.24, 2.45) is 5.92 Å². The van der Waals surface area contributed by atoms with Crippen molar-refractivity contribution in [3.8, 4) is 0 Å². The summed E-state index contributed by atoms with van der Waals surface area (Å²) in [5, 5.41) is 5.80. The van der Waals surface area contributed by atoms with E-state index in [0.29, 0.717) is 24.1 Å². The van der Waals surface area contributed by atoms with Gasteiger partial charge in [-0.2, -0.15) is 0 Å². The number of anilines is 1. The number of carbonyl (C=O) groups is 3. The van der Waals surface area contributed by atoms with Gasteiger partial charge in [-0.3, -0.25) is 14.4 Å². The summed E-state index contributed by atoms with van der Waals surface area (Å²) < 4.78 is 0. The molecule has 0 saturated heterocycles. The summed E-state index contributed by atoms with van der Waals surface area (Å²) in [6, 6.07) is 17.4. The molecule has 2 N–H and O–H groups in total. The summed E-state index contributed by atoms with van der Waals surface area (Å²) in [6.45, 7) is 2.02. The molecule has 29 heavy (non-hydrogen) atoms. The maximum Gasteiger partial charge on any atom is 0.232 e. The first-order valence-corrected chi connectivity index (χ1v) is 10.1. The zero-order chi connectivity index (χ0) is 20.4. The monoisotopic (exact) mass is 388 g/mol. The first kappa shape index (κ1) is 19.1. The van der Waals surface area contributed by atoms with E-state index >= 15 is 0 Å². The van der Waals surface area contributed by atoms with Gasteiger partial charge < -0.3 is 10.6 Å². The van der Waals surface area contributed by atoms with Crippen LogP contribution in [0.1, 0.15) is 43.2 Å². The highest BCUT2D eigenvalue weighted by Crippen LogP contribution is 2.39. The Morgan fingerprint density at radius 2 is 1.72 bits per heavy atom. The molecule has 2 aromatic carbocycles. The minimum Gasteiger partial charge on any atom is -0.329 e. The number of ketones is 1. The highest BCUT2D eigenvalue weighted by Gasteiger charge is 2.40. The Bertz CT molecular complexity index is 994. The van der Waals surface area contributed by atoms with E-state index in [4.69, 9.17) is 0 Å². The van der Waals surface area contributed by atoms with Crippen LogP contribution in [0, 0.1) is 5.92 Å². The van der Waals surface area contributed by atoms with Crippen molar-refractivity contribution < 1.29 is 14.4 Å². The number of hydrogen-bond donors (Lipinski definition) is 2. The first-order valence-electron chi connectivity index (χ1n) is 10.1. The molecule has 2 aromatic rings. The van der Waals surface area contributed by atoms with Crippen LogP contribution in [0.4, 0.5) is 5.69 Å². The fraction of sp³-hybridized carbons (Fsp3) is 0.292. The Kier molecular flexibility index (Phi) is 5.30. The van der Waals surface area contributed by atoms with Crippen LogP contribution in [-0.4, -0.2) is 17.6 Å². The van der Waals surface area contributed by atoms with Crippen molar-refractivity contribution in [1.82, 2.24) is 5.32 Å². The summed E-state index contributed by atoms with van der Waals surface area (Å²) in [4.78, 5) is 38.4. The van der Waals surface area contributed by atoms with E-state index in [2.05, 4.69) is 10.6 Å². The predicted molar refractivity (Wildman–Crippen MR) is 111 cm³/mol. The van der Waals surface area contributed by atoms with Crippen molar-refractivity contribution in [3.63, 3.8) is 0 Å². The van der Waals surface area contributed by atoms with Gasteiger partial charge in [0, 0.05) is 29.8 Å². The second-order valence-electron chi connectivity index (χ2n) is 7.64. The Balaban J connectivity index is 1.62.